The Balaban J connectivity index is 1.81. The third kappa shape index (κ3) is 3.15. The van der Waals surface area contributed by atoms with Gasteiger partial charge in [0, 0.05) is 10.9 Å². The molecule has 0 aliphatic carbocycles. The minimum atomic E-state index is 0.292. The third-order valence-corrected chi connectivity index (χ3v) is 4.99. The average molecular weight is 302 g/mol. The van der Waals surface area contributed by atoms with Gasteiger partial charge in [-0.1, -0.05) is 0 Å². The van der Waals surface area contributed by atoms with Crippen molar-refractivity contribution in [1.29, 1.82) is 0 Å². The average Bonchev–Trinajstić information content (AvgIpc) is 2.74. The second-order valence-electron chi connectivity index (χ2n) is 4.25. The molecule has 0 amide bonds. The number of rotatable bonds is 4. The number of Topliss-reactive ketones (excluding diaryl/α,β-unsaturated/α-hetero) is 1. The predicted molar refractivity (Wildman–Crippen MR) is 71.2 cm³/mol. The van der Waals surface area contributed by atoms with Crippen LogP contribution in [0.15, 0.2) is 15.9 Å². The Morgan fingerprint density at radius 2 is 2.25 bits per heavy atom. The lowest BCUT2D eigenvalue weighted by molar-refractivity contribution is 0.0974. The summed E-state index contributed by atoms with van der Waals surface area (Å²) < 4.78 is 0.952. The highest BCUT2D eigenvalue weighted by Crippen LogP contribution is 2.26. The van der Waals surface area contributed by atoms with Crippen LogP contribution in [0.5, 0.6) is 0 Å². The highest BCUT2D eigenvalue weighted by molar-refractivity contribution is 9.10. The van der Waals surface area contributed by atoms with Gasteiger partial charge < -0.3 is 5.32 Å². The van der Waals surface area contributed by atoms with E-state index in [9.17, 15) is 4.79 Å². The summed E-state index contributed by atoms with van der Waals surface area (Å²) in [6, 6.07) is 1.95. The number of piperidine rings is 1. The molecular weight excluding hydrogens is 286 g/mol. The lowest BCUT2D eigenvalue weighted by atomic mass is 9.92. The summed E-state index contributed by atoms with van der Waals surface area (Å²) in [6.07, 6.45) is 4.19. The van der Waals surface area contributed by atoms with Crippen molar-refractivity contribution in [2.24, 2.45) is 5.92 Å². The van der Waals surface area contributed by atoms with Gasteiger partial charge in [-0.05, 0) is 65.6 Å². The first-order valence-corrected chi connectivity index (χ1v) is 7.41. The van der Waals surface area contributed by atoms with E-state index in [1.54, 1.807) is 0 Å². The van der Waals surface area contributed by atoms with E-state index in [2.05, 4.69) is 21.2 Å². The minimum absolute atomic E-state index is 0.292. The van der Waals surface area contributed by atoms with E-state index in [1.165, 1.54) is 24.2 Å². The zero-order valence-electron chi connectivity index (χ0n) is 9.17. The van der Waals surface area contributed by atoms with Crippen molar-refractivity contribution in [3.63, 3.8) is 0 Å². The molecule has 1 aromatic rings. The van der Waals surface area contributed by atoms with Gasteiger partial charge >= 0.3 is 0 Å². The van der Waals surface area contributed by atoms with Crippen molar-refractivity contribution in [1.82, 2.24) is 5.32 Å². The summed E-state index contributed by atoms with van der Waals surface area (Å²) in [4.78, 5) is 12.8. The summed E-state index contributed by atoms with van der Waals surface area (Å²) in [5.74, 6) is 1.03. The molecule has 2 nitrogen and oxygen atoms in total. The maximum absolute atomic E-state index is 11.9. The molecule has 4 heteroatoms. The van der Waals surface area contributed by atoms with Crippen molar-refractivity contribution in [3.05, 3.63) is 20.8 Å². The third-order valence-electron chi connectivity index (χ3n) is 3.11. The molecule has 0 bridgehead atoms. The van der Waals surface area contributed by atoms with Crippen LogP contribution in [0.1, 0.15) is 35.4 Å². The van der Waals surface area contributed by atoms with Crippen LogP contribution < -0.4 is 5.32 Å². The summed E-state index contributed by atoms with van der Waals surface area (Å²) in [7, 11) is 0. The first kappa shape index (κ1) is 12.3. The zero-order chi connectivity index (χ0) is 11.4. The SMILES string of the molecule is O=C(CCC1CCNCC1)c1sccc1Br. The van der Waals surface area contributed by atoms with E-state index in [-0.39, 0.29) is 0 Å². The minimum Gasteiger partial charge on any atom is -0.317 e. The second-order valence-corrected chi connectivity index (χ2v) is 6.02. The van der Waals surface area contributed by atoms with Crippen molar-refractivity contribution in [2.75, 3.05) is 13.1 Å². The van der Waals surface area contributed by atoms with Crippen molar-refractivity contribution < 1.29 is 4.79 Å². The highest BCUT2D eigenvalue weighted by atomic mass is 79.9. The lowest BCUT2D eigenvalue weighted by Crippen LogP contribution is -2.27. The predicted octanol–water partition coefficient (Wildman–Crippen LogP) is 3.47. The van der Waals surface area contributed by atoms with E-state index in [1.807, 2.05) is 11.4 Å². The molecule has 1 N–H and O–H groups in total. The summed E-state index contributed by atoms with van der Waals surface area (Å²) in [6.45, 7) is 2.23. The largest absolute Gasteiger partial charge is 0.317 e. The molecule has 0 aromatic carbocycles. The Bertz CT molecular complexity index is 358. The van der Waals surface area contributed by atoms with E-state index < -0.39 is 0 Å². The van der Waals surface area contributed by atoms with Gasteiger partial charge in [-0.2, -0.15) is 0 Å². The monoisotopic (exact) mass is 301 g/mol. The smallest absolute Gasteiger partial charge is 0.173 e. The van der Waals surface area contributed by atoms with E-state index in [0.29, 0.717) is 12.2 Å². The van der Waals surface area contributed by atoms with Crippen molar-refractivity contribution in [2.45, 2.75) is 25.7 Å². The highest BCUT2D eigenvalue weighted by Gasteiger charge is 2.16. The molecule has 2 rings (SSSR count). The Hall–Kier alpha value is -0.190. The van der Waals surface area contributed by atoms with Gasteiger partial charge in [0.05, 0.1) is 4.88 Å². The molecule has 2 heterocycles. The molecule has 1 aliphatic heterocycles. The molecule has 16 heavy (non-hydrogen) atoms. The molecule has 1 saturated heterocycles. The van der Waals surface area contributed by atoms with Crippen LogP contribution in [0.2, 0.25) is 0 Å². The molecule has 88 valence electrons. The van der Waals surface area contributed by atoms with Crippen LogP contribution in [-0.4, -0.2) is 18.9 Å². The van der Waals surface area contributed by atoms with Crippen LogP contribution in [0.25, 0.3) is 0 Å². The molecule has 1 fully saturated rings. The van der Waals surface area contributed by atoms with Crippen LogP contribution in [0.3, 0.4) is 0 Å². The lowest BCUT2D eigenvalue weighted by Gasteiger charge is -2.21. The molecule has 0 spiro atoms. The number of ketones is 1. The molecule has 0 saturated carbocycles. The number of hydrogen-bond donors (Lipinski definition) is 1. The summed E-state index contributed by atoms with van der Waals surface area (Å²) >= 11 is 4.95. The number of carbonyl (C=O) groups is 1. The number of hydrogen-bond acceptors (Lipinski definition) is 3. The Morgan fingerprint density at radius 3 is 2.88 bits per heavy atom. The zero-order valence-corrected chi connectivity index (χ0v) is 11.6. The van der Waals surface area contributed by atoms with E-state index in [0.717, 1.165) is 34.8 Å². The molecule has 0 unspecified atom stereocenters. The second kappa shape index (κ2) is 5.94. The maximum Gasteiger partial charge on any atom is 0.173 e. The fourth-order valence-electron chi connectivity index (χ4n) is 2.11. The van der Waals surface area contributed by atoms with Crippen molar-refractivity contribution in [3.8, 4) is 0 Å². The van der Waals surface area contributed by atoms with Gasteiger partial charge in [-0.3, -0.25) is 4.79 Å². The van der Waals surface area contributed by atoms with Gasteiger partial charge in [-0.15, -0.1) is 11.3 Å². The standard InChI is InChI=1S/C12H16BrNOS/c13-10-5-8-16-12(10)11(15)2-1-9-3-6-14-7-4-9/h5,8-9,14H,1-4,6-7H2. The number of halogens is 1. The Labute approximate surface area is 109 Å². The van der Waals surface area contributed by atoms with Crippen LogP contribution in [0, 0.1) is 5.92 Å². The van der Waals surface area contributed by atoms with Gasteiger partial charge in [0.1, 0.15) is 0 Å². The fraction of sp³-hybridized carbons (Fsp3) is 0.583. The molecule has 0 radical (unpaired) electrons. The van der Waals surface area contributed by atoms with Gasteiger partial charge in [0.25, 0.3) is 0 Å². The van der Waals surface area contributed by atoms with Gasteiger partial charge in [0.2, 0.25) is 0 Å². The Morgan fingerprint density at radius 1 is 1.50 bits per heavy atom. The number of carbonyl (C=O) groups excluding carboxylic acids is 1. The first-order valence-electron chi connectivity index (χ1n) is 5.74. The van der Waals surface area contributed by atoms with Crippen molar-refractivity contribution >= 4 is 33.0 Å². The fourth-order valence-corrected chi connectivity index (χ4v) is 3.67. The van der Waals surface area contributed by atoms with E-state index >= 15 is 0 Å². The molecule has 0 atom stereocenters. The number of thiophene rings is 1. The number of nitrogens with one attached hydrogen (secondary N) is 1. The summed E-state index contributed by atoms with van der Waals surface area (Å²) in [5, 5.41) is 5.31. The summed E-state index contributed by atoms with van der Waals surface area (Å²) in [5.41, 5.74) is 0. The van der Waals surface area contributed by atoms with Crippen LogP contribution in [0.4, 0.5) is 0 Å². The molecule has 1 aromatic heterocycles. The quantitative estimate of drug-likeness (QED) is 0.863. The van der Waals surface area contributed by atoms with Crippen LogP contribution in [-0.2, 0) is 0 Å². The Kier molecular flexibility index (Phi) is 4.55. The molecule has 1 aliphatic rings. The normalized spacial score (nSPS) is 17.6. The maximum atomic E-state index is 11.9. The molecular formula is C12H16BrNOS. The first-order chi connectivity index (χ1) is 7.77. The topological polar surface area (TPSA) is 29.1 Å². The van der Waals surface area contributed by atoms with Crippen LogP contribution >= 0.6 is 27.3 Å². The van der Waals surface area contributed by atoms with Gasteiger partial charge in [0.15, 0.2) is 5.78 Å². The van der Waals surface area contributed by atoms with E-state index in [4.69, 9.17) is 0 Å². The van der Waals surface area contributed by atoms with Gasteiger partial charge in [-0.25, -0.2) is 0 Å².